The van der Waals surface area contributed by atoms with Crippen molar-refractivity contribution in [3.63, 3.8) is 0 Å². The smallest absolute Gasteiger partial charge is 0.228 e. The summed E-state index contributed by atoms with van der Waals surface area (Å²) in [5.41, 5.74) is 5.67. The predicted molar refractivity (Wildman–Crippen MR) is 72.8 cm³/mol. The molecule has 1 atom stereocenters. The molecule has 1 rings (SSSR count). The van der Waals surface area contributed by atoms with Crippen molar-refractivity contribution >= 4 is 5.91 Å². The summed E-state index contributed by atoms with van der Waals surface area (Å²) in [7, 11) is 0. The Balaban J connectivity index is 2.78. The van der Waals surface area contributed by atoms with Gasteiger partial charge in [-0.25, -0.2) is 0 Å². The van der Waals surface area contributed by atoms with Crippen molar-refractivity contribution in [2.45, 2.75) is 46.2 Å². The molecule has 0 bridgehead atoms. The fourth-order valence-corrected chi connectivity index (χ4v) is 1.38. The Bertz CT molecular complexity index is 407. The molecular weight excluding hydrogens is 226 g/mol. The van der Waals surface area contributed by atoms with E-state index in [1.807, 2.05) is 52.8 Å². The summed E-state index contributed by atoms with van der Waals surface area (Å²) < 4.78 is 0. The van der Waals surface area contributed by atoms with Crippen molar-refractivity contribution in [2.24, 2.45) is 11.1 Å². The monoisotopic (exact) mass is 249 g/mol. The summed E-state index contributed by atoms with van der Waals surface area (Å²) in [4.78, 5) is 16.5. The zero-order valence-corrected chi connectivity index (χ0v) is 11.8. The molecule has 4 heteroatoms. The fourth-order valence-electron chi connectivity index (χ4n) is 1.38. The minimum atomic E-state index is -0.643. The summed E-state index contributed by atoms with van der Waals surface area (Å²) in [5.74, 6) is -0.0619. The molecule has 1 amide bonds. The van der Waals surface area contributed by atoms with Gasteiger partial charge >= 0.3 is 0 Å². The van der Waals surface area contributed by atoms with E-state index in [-0.39, 0.29) is 11.9 Å². The molecule has 0 saturated carbocycles. The van der Waals surface area contributed by atoms with Gasteiger partial charge in [-0.3, -0.25) is 9.78 Å². The molecule has 18 heavy (non-hydrogen) atoms. The highest BCUT2D eigenvalue weighted by molar-refractivity contribution is 5.83. The lowest BCUT2D eigenvalue weighted by atomic mass is 9.74. The van der Waals surface area contributed by atoms with Gasteiger partial charge in [0, 0.05) is 11.7 Å². The number of hydrogen-bond acceptors (Lipinski definition) is 3. The summed E-state index contributed by atoms with van der Waals surface area (Å²) in [6.45, 7) is 9.34. The number of nitrogens with zero attached hydrogens (tertiary/aromatic N) is 1. The van der Waals surface area contributed by atoms with Crippen LogP contribution in [0.4, 0.5) is 0 Å². The Kier molecular flexibility index (Phi) is 4.12. The van der Waals surface area contributed by atoms with Crippen LogP contribution >= 0.6 is 0 Å². The van der Waals surface area contributed by atoms with Crippen LogP contribution < -0.4 is 11.1 Å². The third-order valence-electron chi connectivity index (χ3n) is 3.66. The van der Waals surface area contributed by atoms with Gasteiger partial charge in [0.2, 0.25) is 5.91 Å². The second-order valence-electron chi connectivity index (χ2n) is 5.80. The second kappa shape index (κ2) is 5.06. The molecule has 1 heterocycles. The highest BCUT2D eigenvalue weighted by Crippen LogP contribution is 2.29. The van der Waals surface area contributed by atoms with Crippen molar-refractivity contribution in [1.82, 2.24) is 10.3 Å². The molecule has 0 aromatic carbocycles. The van der Waals surface area contributed by atoms with Gasteiger partial charge in [-0.15, -0.1) is 0 Å². The van der Waals surface area contributed by atoms with Crippen molar-refractivity contribution < 1.29 is 4.79 Å². The van der Waals surface area contributed by atoms with E-state index in [9.17, 15) is 4.79 Å². The summed E-state index contributed by atoms with van der Waals surface area (Å²) in [5, 5.41) is 2.96. The quantitative estimate of drug-likeness (QED) is 0.858. The van der Waals surface area contributed by atoms with Crippen LogP contribution in [0.1, 0.15) is 46.4 Å². The standard InChI is InChI=1S/C14H23N3O/c1-10(11-8-6-7-9-16-11)17-12(18)13(2,3)14(4,5)15/h6-10H,15H2,1-5H3,(H,17,18)/t10-/m0/s1. The number of carbonyl (C=O) groups is 1. The topological polar surface area (TPSA) is 68.0 Å². The Morgan fingerprint density at radius 2 is 1.94 bits per heavy atom. The highest BCUT2D eigenvalue weighted by Gasteiger charge is 2.40. The Hall–Kier alpha value is -1.42. The largest absolute Gasteiger partial charge is 0.347 e. The normalized spacial score (nSPS) is 14.1. The molecule has 0 radical (unpaired) electrons. The van der Waals surface area contributed by atoms with Gasteiger partial charge in [0.25, 0.3) is 0 Å². The van der Waals surface area contributed by atoms with Crippen LogP contribution in [0.15, 0.2) is 24.4 Å². The SMILES string of the molecule is C[C@H](NC(=O)C(C)(C)C(C)(C)N)c1ccccn1. The minimum Gasteiger partial charge on any atom is -0.347 e. The van der Waals surface area contributed by atoms with Gasteiger partial charge in [0.15, 0.2) is 0 Å². The maximum atomic E-state index is 12.3. The molecule has 0 spiro atoms. The Morgan fingerprint density at radius 1 is 1.33 bits per heavy atom. The third-order valence-corrected chi connectivity index (χ3v) is 3.66. The molecule has 0 fully saturated rings. The second-order valence-corrected chi connectivity index (χ2v) is 5.80. The molecule has 100 valence electrons. The maximum Gasteiger partial charge on any atom is 0.228 e. The van der Waals surface area contributed by atoms with E-state index >= 15 is 0 Å². The van der Waals surface area contributed by atoms with Gasteiger partial charge in [0.1, 0.15) is 0 Å². The first-order valence-electron chi connectivity index (χ1n) is 6.17. The molecule has 1 aromatic heterocycles. The lowest BCUT2D eigenvalue weighted by molar-refractivity contribution is -0.133. The Labute approximate surface area is 109 Å². The molecule has 0 aliphatic carbocycles. The molecule has 0 saturated heterocycles. The first-order valence-corrected chi connectivity index (χ1v) is 6.17. The van der Waals surface area contributed by atoms with E-state index in [0.717, 1.165) is 5.69 Å². The lowest BCUT2D eigenvalue weighted by Crippen LogP contribution is -2.55. The van der Waals surface area contributed by atoms with Gasteiger partial charge in [0.05, 0.1) is 17.2 Å². The van der Waals surface area contributed by atoms with E-state index in [2.05, 4.69) is 10.3 Å². The first-order chi connectivity index (χ1) is 8.16. The van der Waals surface area contributed by atoms with Crippen molar-refractivity contribution in [3.8, 4) is 0 Å². The Morgan fingerprint density at radius 3 is 2.39 bits per heavy atom. The van der Waals surface area contributed by atoms with Crippen LogP contribution in [0.2, 0.25) is 0 Å². The van der Waals surface area contributed by atoms with E-state index in [0.29, 0.717) is 0 Å². The summed E-state index contributed by atoms with van der Waals surface area (Å²) >= 11 is 0. The van der Waals surface area contributed by atoms with Crippen LogP contribution in [0.3, 0.4) is 0 Å². The number of carbonyl (C=O) groups excluding carboxylic acids is 1. The van der Waals surface area contributed by atoms with Gasteiger partial charge in [-0.2, -0.15) is 0 Å². The van der Waals surface area contributed by atoms with E-state index in [4.69, 9.17) is 5.73 Å². The number of rotatable bonds is 4. The number of hydrogen-bond donors (Lipinski definition) is 2. The average Bonchev–Trinajstić information content (AvgIpc) is 2.28. The van der Waals surface area contributed by atoms with E-state index in [1.54, 1.807) is 6.20 Å². The average molecular weight is 249 g/mol. The van der Waals surface area contributed by atoms with Crippen LogP contribution in [-0.2, 0) is 4.79 Å². The predicted octanol–water partition coefficient (Wildman–Crippen LogP) is 2.02. The van der Waals surface area contributed by atoms with Crippen LogP contribution in [0.5, 0.6) is 0 Å². The maximum absolute atomic E-state index is 12.3. The molecule has 4 nitrogen and oxygen atoms in total. The zero-order valence-electron chi connectivity index (χ0n) is 11.8. The van der Waals surface area contributed by atoms with Crippen LogP contribution in [-0.4, -0.2) is 16.4 Å². The van der Waals surface area contributed by atoms with E-state index in [1.165, 1.54) is 0 Å². The summed E-state index contributed by atoms with van der Waals surface area (Å²) in [6, 6.07) is 5.53. The molecule has 0 unspecified atom stereocenters. The van der Waals surface area contributed by atoms with Gasteiger partial charge in [-0.05, 0) is 46.8 Å². The van der Waals surface area contributed by atoms with E-state index < -0.39 is 11.0 Å². The van der Waals surface area contributed by atoms with Gasteiger partial charge in [-0.1, -0.05) is 6.07 Å². The zero-order chi connectivity index (χ0) is 14.0. The third kappa shape index (κ3) is 3.07. The number of nitrogens with two attached hydrogens (primary N) is 1. The van der Waals surface area contributed by atoms with Crippen LogP contribution in [0.25, 0.3) is 0 Å². The molecule has 0 aliphatic rings. The first kappa shape index (κ1) is 14.6. The number of nitrogens with one attached hydrogen (secondary N) is 1. The lowest BCUT2D eigenvalue weighted by Gasteiger charge is -2.37. The molecule has 0 aliphatic heterocycles. The van der Waals surface area contributed by atoms with Crippen molar-refractivity contribution in [1.29, 1.82) is 0 Å². The van der Waals surface area contributed by atoms with Crippen LogP contribution in [0, 0.1) is 5.41 Å². The number of amides is 1. The van der Waals surface area contributed by atoms with Gasteiger partial charge < -0.3 is 11.1 Å². The minimum absolute atomic E-state index is 0.0619. The number of aromatic nitrogens is 1. The fraction of sp³-hybridized carbons (Fsp3) is 0.571. The highest BCUT2D eigenvalue weighted by atomic mass is 16.2. The molecule has 1 aromatic rings. The number of pyridine rings is 1. The van der Waals surface area contributed by atoms with Crippen molar-refractivity contribution in [3.05, 3.63) is 30.1 Å². The molecule has 3 N–H and O–H groups in total. The van der Waals surface area contributed by atoms with Crippen molar-refractivity contribution in [2.75, 3.05) is 0 Å². The summed E-state index contributed by atoms with van der Waals surface area (Å²) in [6.07, 6.45) is 1.72. The molecular formula is C14H23N3O.